The minimum Gasteiger partial charge on any atom is -0.383 e. The van der Waals surface area contributed by atoms with E-state index in [4.69, 9.17) is 5.73 Å². The standard InChI is InChI=1S/C16H22FN3/c1-4-5-10-20-15(18)14(19-16(20)11(2)3)12-6-8-13(17)9-7-12/h6-9,11H,4-5,10,18H2,1-3H3. The third-order valence-electron chi connectivity index (χ3n) is 3.41. The summed E-state index contributed by atoms with van der Waals surface area (Å²) in [5.41, 5.74) is 7.88. The highest BCUT2D eigenvalue weighted by atomic mass is 19.1. The molecule has 0 saturated carbocycles. The summed E-state index contributed by atoms with van der Waals surface area (Å²) in [6, 6.07) is 6.33. The number of rotatable bonds is 5. The van der Waals surface area contributed by atoms with Crippen molar-refractivity contribution in [3.05, 3.63) is 35.9 Å². The van der Waals surface area contributed by atoms with Crippen LogP contribution in [0.15, 0.2) is 24.3 Å². The Kier molecular flexibility index (Phi) is 4.42. The van der Waals surface area contributed by atoms with Crippen molar-refractivity contribution in [2.45, 2.75) is 46.1 Å². The fourth-order valence-corrected chi connectivity index (χ4v) is 2.30. The molecule has 1 aromatic heterocycles. The van der Waals surface area contributed by atoms with Gasteiger partial charge in [0.05, 0.1) is 0 Å². The van der Waals surface area contributed by atoms with E-state index < -0.39 is 0 Å². The number of anilines is 1. The number of hydrogen-bond acceptors (Lipinski definition) is 2. The Labute approximate surface area is 119 Å². The van der Waals surface area contributed by atoms with E-state index in [2.05, 4.69) is 30.3 Å². The molecular weight excluding hydrogens is 253 g/mol. The van der Waals surface area contributed by atoms with Gasteiger partial charge in [-0.2, -0.15) is 0 Å². The molecule has 0 spiro atoms. The third-order valence-corrected chi connectivity index (χ3v) is 3.41. The van der Waals surface area contributed by atoms with Crippen molar-refractivity contribution in [2.24, 2.45) is 0 Å². The van der Waals surface area contributed by atoms with E-state index in [9.17, 15) is 4.39 Å². The lowest BCUT2D eigenvalue weighted by Gasteiger charge is -2.11. The van der Waals surface area contributed by atoms with Gasteiger partial charge in [-0.05, 0) is 30.7 Å². The molecule has 0 radical (unpaired) electrons. The lowest BCUT2D eigenvalue weighted by atomic mass is 10.1. The molecule has 0 aliphatic carbocycles. The number of nitrogens with zero attached hydrogens (tertiary/aromatic N) is 2. The summed E-state index contributed by atoms with van der Waals surface area (Å²) in [5, 5.41) is 0. The Morgan fingerprint density at radius 3 is 2.45 bits per heavy atom. The normalized spacial score (nSPS) is 11.2. The van der Waals surface area contributed by atoms with E-state index in [1.807, 2.05) is 0 Å². The van der Waals surface area contributed by atoms with Gasteiger partial charge in [-0.1, -0.05) is 27.2 Å². The average molecular weight is 275 g/mol. The molecule has 0 fully saturated rings. The monoisotopic (exact) mass is 275 g/mol. The van der Waals surface area contributed by atoms with E-state index in [-0.39, 0.29) is 5.82 Å². The number of benzene rings is 1. The van der Waals surface area contributed by atoms with Gasteiger partial charge >= 0.3 is 0 Å². The zero-order valence-corrected chi connectivity index (χ0v) is 12.4. The average Bonchev–Trinajstić information content (AvgIpc) is 2.75. The molecule has 2 aromatic rings. The van der Waals surface area contributed by atoms with Crippen LogP contribution in [0, 0.1) is 5.82 Å². The molecular formula is C16H22FN3. The Balaban J connectivity index is 2.46. The zero-order valence-electron chi connectivity index (χ0n) is 12.4. The van der Waals surface area contributed by atoms with Gasteiger partial charge in [-0.15, -0.1) is 0 Å². The Bertz CT molecular complexity index is 570. The molecule has 0 bridgehead atoms. The van der Waals surface area contributed by atoms with Gasteiger partial charge in [0.15, 0.2) is 0 Å². The van der Waals surface area contributed by atoms with E-state index in [1.54, 1.807) is 12.1 Å². The molecule has 0 aliphatic rings. The lowest BCUT2D eigenvalue weighted by molar-refractivity contribution is 0.588. The molecule has 0 aliphatic heterocycles. The van der Waals surface area contributed by atoms with Gasteiger partial charge in [0.1, 0.15) is 23.2 Å². The van der Waals surface area contributed by atoms with E-state index in [0.717, 1.165) is 36.5 Å². The van der Waals surface area contributed by atoms with Crippen LogP contribution >= 0.6 is 0 Å². The van der Waals surface area contributed by atoms with Crippen molar-refractivity contribution >= 4 is 5.82 Å². The topological polar surface area (TPSA) is 43.8 Å². The second-order valence-electron chi connectivity index (χ2n) is 5.37. The van der Waals surface area contributed by atoms with Gasteiger partial charge in [0, 0.05) is 18.0 Å². The van der Waals surface area contributed by atoms with Crippen molar-refractivity contribution in [1.29, 1.82) is 0 Å². The zero-order chi connectivity index (χ0) is 14.7. The van der Waals surface area contributed by atoms with Crippen LogP contribution in [-0.4, -0.2) is 9.55 Å². The van der Waals surface area contributed by atoms with Crippen LogP contribution in [0.4, 0.5) is 10.2 Å². The van der Waals surface area contributed by atoms with Gasteiger partial charge in [-0.3, -0.25) is 0 Å². The maximum atomic E-state index is 13.0. The van der Waals surface area contributed by atoms with Crippen LogP contribution in [0.5, 0.6) is 0 Å². The van der Waals surface area contributed by atoms with Crippen molar-refractivity contribution < 1.29 is 4.39 Å². The molecule has 2 rings (SSSR count). The largest absolute Gasteiger partial charge is 0.383 e. The van der Waals surface area contributed by atoms with E-state index in [0.29, 0.717) is 11.7 Å². The number of halogens is 1. The molecule has 3 nitrogen and oxygen atoms in total. The summed E-state index contributed by atoms with van der Waals surface area (Å²) in [6.07, 6.45) is 2.18. The maximum Gasteiger partial charge on any atom is 0.131 e. The van der Waals surface area contributed by atoms with E-state index in [1.165, 1.54) is 12.1 Å². The van der Waals surface area contributed by atoms with Crippen LogP contribution in [-0.2, 0) is 6.54 Å². The van der Waals surface area contributed by atoms with Crippen molar-refractivity contribution in [3.63, 3.8) is 0 Å². The molecule has 4 heteroatoms. The number of hydrogen-bond donors (Lipinski definition) is 1. The fraction of sp³-hybridized carbons (Fsp3) is 0.438. The second kappa shape index (κ2) is 6.07. The summed E-state index contributed by atoms with van der Waals surface area (Å²) in [5.74, 6) is 1.73. The molecule has 20 heavy (non-hydrogen) atoms. The lowest BCUT2D eigenvalue weighted by Crippen LogP contribution is -2.08. The fourth-order valence-electron chi connectivity index (χ4n) is 2.30. The van der Waals surface area contributed by atoms with Crippen molar-refractivity contribution in [2.75, 3.05) is 5.73 Å². The molecule has 1 aromatic carbocycles. The quantitative estimate of drug-likeness (QED) is 0.889. The molecule has 0 atom stereocenters. The number of nitrogens with two attached hydrogens (primary N) is 1. The van der Waals surface area contributed by atoms with Gasteiger partial charge in [0.2, 0.25) is 0 Å². The highest BCUT2D eigenvalue weighted by molar-refractivity contribution is 5.71. The molecule has 0 unspecified atom stereocenters. The number of imidazole rings is 1. The SMILES string of the molecule is CCCCn1c(C(C)C)nc(-c2ccc(F)cc2)c1N. The summed E-state index contributed by atoms with van der Waals surface area (Å²) >= 11 is 0. The van der Waals surface area contributed by atoms with Gasteiger partial charge in [0.25, 0.3) is 0 Å². The first-order chi connectivity index (χ1) is 9.54. The van der Waals surface area contributed by atoms with Crippen LogP contribution in [0.2, 0.25) is 0 Å². The highest BCUT2D eigenvalue weighted by Gasteiger charge is 2.17. The molecule has 108 valence electrons. The minimum absolute atomic E-state index is 0.248. The summed E-state index contributed by atoms with van der Waals surface area (Å²) in [7, 11) is 0. The van der Waals surface area contributed by atoms with Crippen molar-refractivity contribution in [1.82, 2.24) is 9.55 Å². The first-order valence-electron chi connectivity index (χ1n) is 7.16. The van der Waals surface area contributed by atoms with Crippen LogP contribution in [0.25, 0.3) is 11.3 Å². The Morgan fingerprint density at radius 1 is 1.25 bits per heavy atom. The van der Waals surface area contributed by atoms with Gasteiger partial charge < -0.3 is 10.3 Å². The Hall–Kier alpha value is -1.84. The van der Waals surface area contributed by atoms with Crippen molar-refractivity contribution in [3.8, 4) is 11.3 Å². The number of nitrogen functional groups attached to an aromatic ring is 1. The first kappa shape index (κ1) is 14.6. The van der Waals surface area contributed by atoms with Crippen LogP contribution < -0.4 is 5.73 Å². The molecule has 1 heterocycles. The van der Waals surface area contributed by atoms with Crippen LogP contribution in [0.3, 0.4) is 0 Å². The molecule has 0 saturated heterocycles. The summed E-state index contributed by atoms with van der Waals surface area (Å²) < 4.78 is 15.1. The predicted molar refractivity (Wildman–Crippen MR) is 81.0 cm³/mol. The molecule has 2 N–H and O–H groups in total. The summed E-state index contributed by atoms with van der Waals surface area (Å²) in [6.45, 7) is 7.25. The Morgan fingerprint density at radius 2 is 1.90 bits per heavy atom. The second-order valence-corrected chi connectivity index (χ2v) is 5.37. The highest BCUT2D eigenvalue weighted by Crippen LogP contribution is 2.29. The number of aromatic nitrogens is 2. The minimum atomic E-state index is -0.248. The number of unbranched alkanes of at least 4 members (excludes halogenated alkanes) is 1. The maximum absolute atomic E-state index is 13.0. The first-order valence-corrected chi connectivity index (χ1v) is 7.16. The predicted octanol–water partition coefficient (Wildman–Crippen LogP) is 4.19. The van der Waals surface area contributed by atoms with Gasteiger partial charge in [-0.25, -0.2) is 9.37 Å². The third kappa shape index (κ3) is 2.84. The van der Waals surface area contributed by atoms with Crippen LogP contribution in [0.1, 0.15) is 45.4 Å². The smallest absolute Gasteiger partial charge is 0.131 e. The van der Waals surface area contributed by atoms with E-state index >= 15 is 0 Å². The molecule has 0 amide bonds. The summed E-state index contributed by atoms with van der Waals surface area (Å²) in [4.78, 5) is 4.68.